The molecule has 0 bridgehead atoms. The summed E-state index contributed by atoms with van der Waals surface area (Å²) in [6.45, 7) is 6.44. The third-order valence-electron chi connectivity index (χ3n) is 4.20. The van der Waals surface area contributed by atoms with Gasteiger partial charge in [-0.15, -0.1) is 16.4 Å². The molecule has 0 saturated carbocycles. The van der Waals surface area contributed by atoms with Crippen molar-refractivity contribution < 1.29 is 9.90 Å². The molecule has 0 aliphatic carbocycles. The van der Waals surface area contributed by atoms with Gasteiger partial charge in [-0.25, -0.2) is 4.79 Å². The summed E-state index contributed by atoms with van der Waals surface area (Å²) in [6.07, 6.45) is 0.922. The molecule has 3 rings (SSSR count). The Morgan fingerprint density at radius 2 is 2.19 bits per heavy atom. The van der Waals surface area contributed by atoms with Crippen molar-refractivity contribution in [2.45, 2.75) is 33.2 Å². The van der Waals surface area contributed by atoms with Crippen LogP contribution in [-0.4, -0.2) is 27.8 Å². The maximum atomic E-state index is 11.6. The summed E-state index contributed by atoms with van der Waals surface area (Å²) in [5.74, 6) is -0.459. The predicted molar refractivity (Wildman–Crippen MR) is 82.2 cm³/mol. The monoisotopic (exact) mass is 303 g/mol. The number of hydrogen-bond donors (Lipinski definition) is 1. The van der Waals surface area contributed by atoms with Gasteiger partial charge in [-0.3, -0.25) is 0 Å². The van der Waals surface area contributed by atoms with Crippen LogP contribution in [0.4, 0.5) is 5.82 Å². The highest BCUT2D eigenvalue weighted by Gasteiger charge is 2.30. The Labute approximate surface area is 127 Å². The summed E-state index contributed by atoms with van der Waals surface area (Å²) in [7, 11) is 0. The minimum absolute atomic E-state index is 0.120. The first kappa shape index (κ1) is 14.0. The van der Waals surface area contributed by atoms with E-state index in [1.54, 1.807) is 25.2 Å². The molecule has 0 fully saturated rings. The van der Waals surface area contributed by atoms with Gasteiger partial charge in [0.1, 0.15) is 5.56 Å². The number of hydrogen-bond acceptors (Lipinski definition) is 5. The molecule has 0 aromatic carbocycles. The van der Waals surface area contributed by atoms with Crippen molar-refractivity contribution >= 4 is 23.1 Å². The van der Waals surface area contributed by atoms with E-state index in [2.05, 4.69) is 33.5 Å². The van der Waals surface area contributed by atoms with E-state index in [9.17, 15) is 9.90 Å². The summed E-state index contributed by atoms with van der Waals surface area (Å²) in [5.41, 5.74) is 2.89. The molecule has 1 aliphatic rings. The molecular weight excluding hydrogens is 286 g/mol. The summed E-state index contributed by atoms with van der Waals surface area (Å²) in [4.78, 5) is 15.1. The van der Waals surface area contributed by atoms with Crippen LogP contribution in [0.2, 0.25) is 0 Å². The Kier molecular flexibility index (Phi) is 3.41. The Morgan fingerprint density at radius 3 is 2.90 bits per heavy atom. The SMILES string of the molecule is Cc1nnc(N2CCc3sccc3C2C)c(C(=O)O)c1C. The summed E-state index contributed by atoms with van der Waals surface area (Å²) in [5, 5.41) is 20.0. The molecular formula is C15H17N3O2S. The third-order valence-corrected chi connectivity index (χ3v) is 5.20. The Balaban J connectivity index is 2.10. The van der Waals surface area contributed by atoms with Gasteiger partial charge in [0, 0.05) is 11.4 Å². The number of fused-ring (bicyclic) bond motifs is 1. The Hall–Kier alpha value is -1.95. The lowest BCUT2D eigenvalue weighted by Crippen LogP contribution is -2.35. The molecule has 0 amide bonds. The highest BCUT2D eigenvalue weighted by molar-refractivity contribution is 7.10. The van der Waals surface area contributed by atoms with Crippen molar-refractivity contribution in [3.63, 3.8) is 0 Å². The highest BCUT2D eigenvalue weighted by Crippen LogP contribution is 2.37. The standard InChI is InChI=1S/C15H17N3O2S/c1-8-9(2)16-17-14(13(8)15(19)20)18-6-4-12-11(10(18)3)5-7-21-12/h5,7,10H,4,6H2,1-3H3,(H,19,20). The van der Waals surface area contributed by atoms with E-state index in [0.717, 1.165) is 13.0 Å². The number of thiophene rings is 1. The first-order valence-corrected chi connectivity index (χ1v) is 7.78. The van der Waals surface area contributed by atoms with Gasteiger partial charge in [-0.1, -0.05) is 0 Å². The van der Waals surface area contributed by atoms with Gasteiger partial charge in [-0.2, -0.15) is 5.10 Å². The average Bonchev–Trinajstić information content (AvgIpc) is 2.91. The van der Waals surface area contributed by atoms with Gasteiger partial charge in [0.15, 0.2) is 5.82 Å². The minimum Gasteiger partial charge on any atom is -0.478 e. The number of carboxylic acid groups (broad SMARTS) is 1. The van der Waals surface area contributed by atoms with E-state index in [0.29, 0.717) is 17.1 Å². The van der Waals surface area contributed by atoms with Crippen LogP contribution in [-0.2, 0) is 6.42 Å². The highest BCUT2D eigenvalue weighted by atomic mass is 32.1. The molecule has 1 aliphatic heterocycles. The van der Waals surface area contributed by atoms with Crippen molar-refractivity contribution in [1.82, 2.24) is 10.2 Å². The molecule has 2 aromatic heterocycles. The first-order valence-electron chi connectivity index (χ1n) is 6.90. The van der Waals surface area contributed by atoms with Gasteiger partial charge in [0.2, 0.25) is 0 Å². The molecule has 0 radical (unpaired) electrons. The number of aromatic nitrogens is 2. The zero-order chi connectivity index (χ0) is 15.1. The molecule has 21 heavy (non-hydrogen) atoms. The molecule has 6 heteroatoms. The molecule has 2 aromatic rings. The first-order chi connectivity index (χ1) is 10.0. The Morgan fingerprint density at radius 1 is 1.43 bits per heavy atom. The fraction of sp³-hybridized carbons (Fsp3) is 0.400. The Bertz CT molecular complexity index is 711. The lowest BCUT2D eigenvalue weighted by molar-refractivity contribution is 0.0696. The van der Waals surface area contributed by atoms with Crippen LogP contribution in [0.25, 0.3) is 0 Å². The fourth-order valence-corrected chi connectivity index (χ4v) is 3.81. The van der Waals surface area contributed by atoms with E-state index in [-0.39, 0.29) is 11.6 Å². The molecule has 0 spiro atoms. The quantitative estimate of drug-likeness (QED) is 0.924. The van der Waals surface area contributed by atoms with Gasteiger partial charge in [-0.05, 0) is 49.8 Å². The maximum Gasteiger partial charge on any atom is 0.339 e. The topological polar surface area (TPSA) is 66.3 Å². The van der Waals surface area contributed by atoms with Crippen LogP contribution < -0.4 is 4.90 Å². The number of carboxylic acids is 1. The van der Waals surface area contributed by atoms with Crippen molar-refractivity contribution in [1.29, 1.82) is 0 Å². The van der Waals surface area contributed by atoms with Gasteiger partial charge < -0.3 is 10.0 Å². The van der Waals surface area contributed by atoms with Gasteiger partial charge >= 0.3 is 5.97 Å². The van der Waals surface area contributed by atoms with Crippen molar-refractivity contribution in [2.75, 3.05) is 11.4 Å². The van der Waals surface area contributed by atoms with Crippen LogP contribution in [0.15, 0.2) is 11.4 Å². The second-order valence-electron chi connectivity index (χ2n) is 5.33. The zero-order valence-corrected chi connectivity index (χ0v) is 13.1. The van der Waals surface area contributed by atoms with E-state index in [1.165, 1.54) is 10.4 Å². The number of aryl methyl sites for hydroxylation is 1. The molecule has 1 unspecified atom stereocenters. The lowest BCUT2D eigenvalue weighted by Gasteiger charge is -2.35. The smallest absolute Gasteiger partial charge is 0.339 e. The molecule has 3 heterocycles. The van der Waals surface area contributed by atoms with E-state index < -0.39 is 5.97 Å². The molecule has 5 nitrogen and oxygen atoms in total. The maximum absolute atomic E-state index is 11.6. The number of carbonyl (C=O) groups is 1. The van der Waals surface area contributed by atoms with Crippen LogP contribution >= 0.6 is 11.3 Å². The van der Waals surface area contributed by atoms with Gasteiger partial charge in [0.05, 0.1) is 11.7 Å². The second-order valence-corrected chi connectivity index (χ2v) is 6.33. The number of anilines is 1. The van der Waals surface area contributed by atoms with Crippen molar-refractivity contribution in [3.05, 3.63) is 38.7 Å². The number of nitrogens with zero attached hydrogens (tertiary/aromatic N) is 3. The lowest BCUT2D eigenvalue weighted by atomic mass is 10.00. The van der Waals surface area contributed by atoms with Crippen molar-refractivity contribution in [3.8, 4) is 0 Å². The van der Waals surface area contributed by atoms with Crippen LogP contribution in [0.1, 0.15) is 45.0 Å². The summed E-state index contributed by atoms with van der Waals surface area (Å²) < 4.78 is 0. The van der Waals surface area contributed by atoms with Crippen LogP contribution in [0.5, 0.6) is 0 Å². The molecule has 1 N–H and O–H groups in total. The average molecular weight is 303 g/mol. The van der Waals surface area contributed by atoms with E-state index >= 15 is 0 Å². The fourth-order valence-electron chi connectivity index (χ4n) is 2.85. The van der Waals surface area contributed by atoms with Gasteiger partial charge in [0.25, 0.3) is 0 Å². The number of rotatable bonds is 2. The summed E-state index contributed by atoms with van der Waals surface area (Å²) >= 11 is 1.76. The van der Waals surface area contributed by atoms with Crippen LogP contribution in [0.3, 0.4) is 0 Å². The zero-order valence-electron chi connectivity index (χ0n) is 12.3. The van der Waals surface area contributed by atoms with Crippen LogP contribution in [0, 0.1) is 13.8 Å². The minimum atomic E-state index is -0.941. The largest absolute Gasteiger partial charge is 0.478 e. The number of aromatic carboxylic acids is 1. The molecule has 0 saturated heterocycles. The third kappa shape index (κ3) is 2.19. The molecule has 1 atom stereocenters. The predicted octanol–water partition coefficient (Wildman–Crippen LogP) is 2.98. The van der Waals surface area contributed by atoms with E-state index in [1.807, 2.05) is 0 Å². The van der Waals surface area contributed by atoms with Crippen molar-refractivity contribution in [2.24, 2.45) is 0 Å². The summed E-state index contributed by atoms with van der Waals surface area (Å²) in [6, 6.07) is 2.24. The normalized spacial score (nSPS) is 17.7. The molecule has 110 valence electrons. The van der Waals surface area contributed by atoms with E-state index in [4.69, 9.17) is 0 Å². The second kappa shape index (κ2) is 5.11.